The highest BCUT2D eigenvalue weighted by Gasteiger charge is 2.15. The van der Waals surface area contributed by atoms with Gasteiger partial charge in [0.1, 0.15) is 11.7 Å². The molecule has 0 saturated carbocycles. The van der Waals surface area contributed by atoms with Gasteiger partial charge in [-0.25, -0.2) is 0 Å². The van der Waals surface area contributed by atoms with Gasteiger partial charge < -0.3 is 21.1 Å². The summed E-state index contributed by atoms with van der Waals surface area (Å²) >= 11 is 3.39. The van der Waals surface area contributed by atoms with E-state index in [9.17, 15) is 9.59 Å². The fourth-order valence-corrected chi connectivity index (χ4v) is 2.11. The number of hydrogen-bond acceptors (Lipinski definition) is 3. The van der Waals surface area contributed by atoms with Gasteiger partial charge in [0.2, 0.25) is 0 Å². The van der Waals surface area contributed by atoms with E-state index in [1.165, 1.54) is 0 Å². The number of nitrogens with two attached hydrogens (primary N) is 1. The van der Waals surface area contributed by atoms with Crippen molar-refractivity contribution >= 4 is 38.7 Å². The molecule has 1 aromatic carbocycles. The van der Waals surface area contributed by atoms with E-state index in [1.807, 2.05) is 18.2 Å². The zero-order chi connectivity index (χ0) is 14.0. The molecule has 0 aliphatic rings. The number of nitrogens with one attached hydrogen (secondary N) is 2. The number of hydrogen-bond donors (Lipinski definition) is 4. The van der Waals surface area contributed by atoms with Crippen molar-refractivity contribution in [2.75, 3.05) is 6.54 Å². The molecular weight excluding hydrogens is 314 g/mol. The van der Waals surface area contributed by atoms with E-state index in [2.05, 4.69) is 26.2 Å². The molecule has 0 unspecified atom stereocenters. The van der Waals surface area contributed by atoms with E-state index < -0.39 is 12.0 Å². The number of carboxylic acids is 1. The van der Waals surface area contributed by atoms with Gasteiger partial charge in [-0.1, -0.05) is 22.0 Å². The van der Waals surface area contributed by atoms with E-state index in [1.54, 1.807) is 6.07 Å². The lowest BCUT2D eigenvalue weighted by molar-refractivity contribution is -0.138. The van der Waals surface area contributed by atoms with Crippen LogP contribution in [-0.4, -0.2) is 34.6 Å². The lowest BCUT2D eigenvalue weighted by Crippen LogP contribution is -2.42. The zero-order valence-electron chi connectivity index (χ0n) is 9.81. The minimum atomic E-state index is -1.15. The molecule has 1 aromatic heterocycles. The van der Waals surface area contributed by atoms with Gasteiger partial charge in [0.25, 0.3) is 5.91 Å². The number of rotatable bonds is 4. The van der Waals surface area contributed by atoms with Gasteiger partial charge in [-0.05, 0) is 18.2 Å². The maximum Gasteiger partial charge on any atom is 0.322 e. The summed E-state index contributed by atoms with van der Waals surface area (Å²) in [5, 5.41) is 12.0. The van der Waals surface area contributed by atoms with E-state index >= 15 is 0 Å². The third-order valence-corrected chi connectivity index (χ3v) is 3.35. The Bertz CT molecular complexity index is 638. The van der Waals surface area contributed by atoms with Crippen molar-refractivity contribution in [1.82, 2.24) is 10.3 Å². The second-order valence-electron chi connectivity index (χ2n) is 4.04. The molecule has 19 heavy (non-hydrogen) atoms. The molecule has 0 aliphatic carbocycles. The standard InChI is InChI=1S/C12H12BrN3O3/c13-7-2-1-3-9-6(7)4-10(16-9)11(17)15-5-8(14)12(18)19/h1-4,8,16H,5,14H2,(H,15,17)(H,18,19)/t8-/m1/s1. The van der Waals surface area contributed by atoms with Crippen LogP contribution >= 0.6 is 15.9 Å². The summed E-state index contributed by atoms with van der Waals surface area (Å²) < 4.78 is 0.877. The molecule has 7 heteroatoms. The van der Waals surface area contributed by atoms with Gasteiger partial charge >= 0.3 is 5.97 Å². The van der Waals surface area contributed by atoms with Gasteiger partial charge in [-0.3, -0.25) is 9.59 Å². The molecule has 0 saturated heterocycles. The maximum absolute atomic E-state index is 11.8. The van der Waals surface area contributed by atoms with E-state index in [0.717, 1.165) is 15.4 Å². The Labute approximate surface area is 117 Å². The van der Waals surface area contributed by atoms with Crippen molar-refractivity contribution < 1.29 is 14.7 Å². The number of halogens is 1. The molecule has 6 nitrogen and oxygen atoms in total. The summed E-state index contributed by atoms with van der Waals surface area (Å²) in [6, 6.07) is 6.16. The van der Waals surface area contributed by atoms with Crippen LogP contribution in [0.1, 0.15) is 10.5 Å². The fraction of sp³-hybridized carbons (Fsp3) is 0.167. The molecule has 1 heterocycles. The molecule has 1 atom stereocenters. The Balaban J connectivity index is 2.14. The number of aliphatic carboxylic acids is 1. The van der Waals surface area contributed by atoms with Crippen LogP contribution < -0.4 is 11.1 Å². The van der Waals surface area contributed by atoms with Crippen LogP contribution in [0.25, 0.3) is 10.9 Å². The van der Waals surface area contributed by atoms with Gasteiger partial charge in [0.15, 0.2) is 0 Å². The molecule has 0 spiro atoms. The predicted molar refractivity (Wildman–Crippen MR) is 73.9 cm³/mol. The van der Waals surface area contributed by atoms with Crippen molar-refractivity contribution in [1.29, 1.82) is 0 Å². The lowest BCUT2D eigenvalue weighted by Gasteiger charge is -2.07. The summed E-state index contributed by atoms with van der Waals surface area (Å²) in [5.74, 6) is -1.54. The minimum absolute atomic E-state index is 0.120. The second kappa shape index (κ2) is 5.41. The van der Waals surface area contributed by atoms with Crippen molar-refractivity contribution in [2.45, 2.75) is 6.04 Å². The largest absolute Gasteiger partial charge is 0.480 e. The third-order valence-electron chi connectivity index (χ3n) is 2.66. The topological polar surface area (TPSA) is 108 Å². The van der Waals surface area contributed by atoms with Crippen molar-refractivity contribution in [2.24, 2.45) is 5.73 Å². The molecule has 5 N–H and O–H groups in total. The normalized spacial score (nSPS) is 12.3. The monoisotopic (exact) mass is 325 g/mol. The average molecular weight is 326 g/mol. The summed E-state index contributed by atoms with van der Waals surface area (Å²) in [7, 11) is 0. The van der Waals surface area contributed by atoms with Crippen molar-refractivity contribution in [3.63, 3.8) is 0 Å². The Kier molecular flexibility index (Phi) is 3.87. The van der Waals surface area contributed by atoms with Crippen LogP contribution in [0.2, 0.25) is 0 Å². The molecule has 0 radical (unpaired) electrons. The van der Waals surface area contributed by atoms with Crippen molar-refractivity contribution in [3.8, 4) is 0 Å². The van der Waals surface area contributed by atoms with Gasteiger partial charge in [0, 0.05) is 21.9 Å². The Hall–Kier alpha value is -1.86. The first-order valence-corrected chi connectivity index (χ1v) is 6.32. The van der Waals surface area contributed by atoms with Crippen molar-refractivity contribution in [3.05, 3.63) is 34.4 Å². The number of benzene rings is 1. The first-order valence-electron chi connectivity index (χ1n) is 5.53. The van der Waals surface area contributed by atoms with E-state index in [4.69, 9.17) is 10.8 Å². The highest BCUT2D eigenvalue weighted by molar-refractivity contribution is 9.10. The molecule has 2 aromatic rings. The summed E-state index contributed by atoms with van der Waals surface area (Å²) in [6.07, 6.45) is 0. The zero-order valence-corrected chi connectivity index (χ0v) is 11.4. The van der Waals surface area contributed by atoms with Crippen LogP contribution in [0.15, 0.2) is 28.7 Å². The number of aromatic nitrogens is 1. The summed E-state index contributed by atoms with van der Waals surface area (Å²) in [5.41, 5.74) is 6.49. The number of aromatic amines is 1. The lowest BCUT2D eigenvalue weighted by atomic mass is 10.2. The van der Waals surface area contributed by atoms with Crippen LogP contribution in [0.3, 0.4) is 0 Å². The molecule has 0 fully saturated rings. The molecule has 0 aliphatic heterocycles. The highest BCUT2D eigenvalue weighted by atomic mass is 79.9. The SMILES string of the molecule is N[C@H](CNC(=O)c1cc2c(Br)cccc2[nH]1)C(=O)O. The number of carboxylic acid groups (broad SMARTS) is 1. The third kappa shape index (κ3) is 2.94. The first kappa shape index (κ1) is 13.6. The molecular formula is C12H12BrN3O3. The van der Waals surface area contributed by atoms with E-state index in [-0.39, 0.29) is 12.5 Å². The quantitative estimate of drug-likeness (QED) is 0.674. The smallest absolute Gasteiger partial charge is 0.322 e. The van der Waals surface area contributed by atoms with E-state index in [0.29, 0.717) is 5.69 Å². The Morgan fingerprint density at radius 2 is 2.21 bits per heavy atom. The maximum atomic E-state index is 11.8. The summed E-state index contributed by atoms with van der Waals surface area (Å²) in [6.45, 7) is -0.120. The molecule has 2 rings (SSSR count). The number of carbonyl (C=O) groups is 2. The predicted octanol–water partition coefficient (Wildman–Crippen LogP) is 1.07. The first-order chi connectivity index (χ1) is 8.99. The van der Waals surface area contributed by atoms with Crippen LogP contribution in [-0.2, 0) is 4.79 Å². The molecule has 100 valence electrons. The number of amides is 1. The average Bonchev–Trinajstić information content (AvgIpc) is 2.80. The molecule has 1 amide bonds. The number of fused-ring (bicyclic) bond motifs is 1. The number of carbonyl (C=O) groups excluding carboxylic acids is 1. The Morgan fingerprint density at radius 3 is 2.84 bits per heavy atom. The Morgan fingerprint density at radius 1 is 1.47 bits per heavy atom. The summed E-state index contributed by atoms with van der Waals surface area (Å²) in [4.78, 5) is 25.3. The minimum Gasteiger partial charge on any atom is -0.480 e. The van der Waals surface area contributed by atoms with Crippen LogP contribution in [0.5, 0.6) is 0 Å². The van der Waals surface area contributed by atoms with Crippen LogP contribution in [0, 0.1) is 0 Å². The highest BCUT2D eigenvalue weighted by Crippen LogP contribution is 2.24. The van der Waals surface area contributed by atoms with Gasteiger partial charge in [-0.15, -0.1) is 0 Å². The second-order valence-corrected chi connectivity index (χ2v) is 4.89. The fourth-order valence-electron chi connectivity index (χ4n) is 1.63. The van der Waals surface area contributed by atoms with Crippen LogP contribution in [0.4, 0.5) is 0 Å². The van der Waals surface area contributed by atoms with Gasteiger partial charge in [-0.2, -0.15) is 0 Å². The van der Waals surface area contributed by atoms with Gasteiger partial charge in [0.05, 0.1) is 0 Å². The number of H-pyrrole nitrogens is 1. The molecule has 0 bridgehead atoms.